The number of nitrogens with zero attached hydrogens (tertiary/aromatic N) is 1. The number of esters is 1. The highest BCUT2D eigenvalue weighted by molar-refractivity contribution is 5.79. The molecule has 30 heavy (non-hydrogen) atoms. The van der Waals surface area contributed by atoms with E-state index in [1.165, 1.54) is 0 Å². The highest BCUT2D eigenvalue weighted by Crippen LogP contribution is 2.37. The molecule has 1 unspecified atom stereocenters. The number of hydrogen-bond acceptors (Lipinski definition) is 10. The van der Waals surface area contributed by atoms with Crippen molar-refractivity contribution in [2.24, 2.45) is 0 Å². The summed E-state index contributed by atoms with van der Waals surface area (Å²) in [6, 6.07) is -2.33. The lowest BCUT2D eigenvalue weighted by Crippen LogP contribution is -2.69. The van der Waals surface area contributed by atoms with Crippen LogP contribution < -0.4 is 0 Å². The SMILES string of the molecule is [2H]C([2H])([2H])OCC(=O)N([C@H]1[C@H]([C@H](OC([2H])([2H])[2H])[C@@H](COC)OC([2H])([2H])[2H])OC(OC)(C(=O)OC)C[C@@H]1OC([2H])([2H])[2H])C([2H])([2H])[2H]. The van der Waals surface area contributed by atoms with E-state index in [0.29, 0.717) is 0 Å². The molecule has 176 valence electrons. The van der Waals surface area contributed by atoms with Gasteiger partial charge in [-0.05, 0) is 0 Å². The number of hydrogen-bond donors (Lipinski definition) is 0. The molecule has 1 amide bonds. The van der Waals surface area contributed by atoms with Gasteiger partial charge in [0.05, 0.1) is 42.3 Å². The minimum absolute atomic E-state index is 0.0776. The number of rotatable bonds is 12. The lowest BCUT2D eigenvalue weighted by atomic mass is 9.87. The largest absolute Gasteiger partial charge is 0.465 e. The van der Waals surface area contributed by atoms with Crippen LogP contribution in [0.15, 0.2) is 0 Å². The zero-order chi connectivity index (χ0) is 35.4. The Bertz CT molecular complexity index is 984. The lowest BCUT2D eigenvalue weighted by molar-refractivity contribution is -0.316. The third-order valence-corrected chi connectivity index (χ3v) is 4.56. The summed E-state index contributed by atoms with van der Waals surface area (Å²) in [5.74, 6) is -5.71. The fourth-order valence-electron chi connectivity index (χ4n) is 3.13. The van der Waals surface area contributed by atoms with Gasteiger partial charge in [0.15, 0.2) is 0 Å². The van der Waals surface area contributed by atoms with Crippen LogP contribution in [0.4, 0.5) is 0 Å². The summed E-state index contributed by atoms with van der Waals surface area (Å²) >= 11 is 0. The maximum atomic E-state index is 13.4. The first-order valence-electron chi connectivity index (χ1n) is 15.9. The molecule has 0 aromatic heterocycles. The molecule has 0 spiro atoms. The summed E-state index contributed by atoms with van der Waals surface area (Å²) in [4.78, 5) is 26.3. The number of ether oxygens (including phenoxy) is 8. The number of carbonyl (C=O) groups excluding carboxylic acids is 2. The van der Waals surface area contributed by atoms with Crippen LogP contribution in [0.3, 0.4) is 0 Å². The van der Waals surface area contributed by atoms with Crippen LogP contribution in [0.2, 0.25) is 0 Å². The van der Waals surface area contributed by atoms with Gasteiger partial charge in [-0.15, -0.1) is 0 Å². The predicted molar refractivity (Wildman–Crippen MR) is 104 cm³/mol. The molecule has 0 aromatic carbocycles. The molecule has 11 nitrogen and oxygen atoms in total. The second kappa shape index (κ2) is 12.5. The van der Waals surface area contributed by atoms with E-state index in [-0.39, 0.29) is 4.90 Å². The van der Waals surface area contributed by atoms with E-state index in [4.69, 9.17) is 53.7 Å². The van der Waals surface area contributed by atoms with Gasteiger partial charge in [0.25, 0.3) is 5.79 Å². The van der Waals surface area contributed by atoms with Crippen LogP contribution in [0, 0.1) is 0 Å². The van der Waals surface area contributed by atoms with Crippen LogP contribution in [0.5, 0.6) is 0 Å². The fourth-order valence-corrected chi connectivity index (χ4v) is 3.13. The van der Waals surface area contributed by atoms with Crippen molar-refractivity contribution in [3.05, 3.63) is 0 Å². The van der Waals surface area contributed by atoms with Crippen LogP contribution in [0.1, 0.15) is 27.0 Å². The Balaban J connectivity index is 4.21. The molecule has 0 N–H and O–H groups in total. The standard InChI is InChI=1S/C19H35NO10/c1-20(14(21)11-24-3)15-12(25-4)9-19(29-8,18(22)28-7)30-17(15)16(27-6)13(26-5)10-23-2/h12-13,15-17H,9-11H2,1-8H3/t12-,13+,15+,16+,17+,19?/m0/s1/i1D3,3D3,4D3,5D3,6D3. The van der Waals surface area contributed by atoms with Crippen molar-refractivity contribution < 1.29 is 68.0 Å². The molecule has 0 radical (unpaired) electrons. The highest BCUT2D eigenvalue weighted by atomic mass is 16.7. The number of likely N-dealkylation sites (N-methyl/N-ethyl adjacent to an activating group) is 1. The third kappa shape index (κ3) is 5.67. The van der Waals surface area contributed by atoms with E-state index in [9.17, 15) is 9.59 Å². The lowest BCUT2D eigenvalue weighted by Gasteiger charge is -2.50. The van der Waals surface area contributed by atoms with Gasteiger partial charge in [0.1, 0.15) is 24.9 Å². The summed E-state index contributed by atoms with van der Waals surface area (Å²) < 4.78 is 155. The Morgan fingerprint density at radius 2 is 1.97 bits per heavy atom. The Kier molecular flexibility index (Phi) is 4.79. The molecule has 1 aliphatic rings. The molecule has 0 saturated carbocycles. The summed E-state index contributed by atoms with van der Waals surface area (Å²) in [7, 11) is -10.6. The Morgan fingerprint density at radius 3 is 2.53 bits per heavy atom. The summed E-state index contributed by atoms with van der Waals surface area (Å²) in [6.45, 7) is -5.84. The Morgan fingerprint density at radius 1 is 1.17 bits per heavy atom. The van der Waals surface area contributed by atoms with E-state index < -0.39 is 103 Å². The van der Waals surface area contributed by atoms with Crippen LogP contribution in [0.25, 0.3) is 0 Å². The van der Waals surface area contributed by atoms with E-state index >= 15 is 0 Å². The molecule has 0 bridgehead atoms. The molecule has 1 saturated heterocycles. The van der Waals surface area contributed by atoms with Gasteiger partial charge in [-0.2, -0.15) is 0 Å². The zero-order valence-corrected chi connectivity index (χ0v) is 16.5. The Hall–Kier alpha value is -1.34. The average Bonchev–Trinajstić information content (AvgIpc) is 2.82. The second-order valence-electron chi connectivity index (χ2n) is 6.13. The minimum Gasteiger partial charge on any atom is -0.465 e. The van der Waals surface area contributed by atoms with Gasteiger partial charge in [0.2, 0.25) is 5.91 Å². The van der Waals surface area contributed by atoms with E-state index in [2.05, 4.69) is 4.74 Å². The highest BCUT2D eigenvalue weighted by Gasteiger charge is 2.58. The van der Waals surface area contributed by atoms with Crippen molar-refractivity contribution >= 4 is 11.9 Å². The predicted octanol–water partition coefficient (Wildman–Crippen LogP) is -0.544. The number of carbonyl (C=O) groups is 2. The second-order valence-corrected chi connectivity index (χ2v) is 6.13. The van der Waals surface area contributed by atoms with E-state index in [1.54, 1.807) is 0 Å². The topological polar surface area (TPSA) is 111 Å². The van der Waals surface area contributed by atoms with Crippen LogP contribution in [-0.4, -0.2) is 123 Å². The molecule has 0 aromatic rings. The average molecular weight is 453 g/mol. The van der Waals surface area contributed by atoms with Crippen molar-refractivity contribution in [2.75, 3.05) is 69.7 Å². The van der Waals surface area contributed by atoms with Gasteiger partial charge in [0, 0.05) is 59.9 Å². The van der Waals surface area contributed by atoms with Crippen LogP contribution in [-0.2, 0) is 47.5 Å². The normalized spacial score (nSPS) is 38.1. The molecule has 1 fully saturated rings. The molecule has 6 atom stereocenters. The smallest absolute Gasteiger partial charge is 0.366 e. The molecule has 1 aliphatic heterocycles. The third-order valence-electron chi connectivity index (χ3n) is 4.56. The van der Waals surface area contributed by atoms with Gasteiger partial charge in [-0.25, -0.2) is 4.79 Å². The summed E-state index contributed by atoms with van der Waals surface area (Å²) in [6.07, 6.45) is -9.94. The van der Waals surface area contributed by atoms with Gasteiger partial charge < -0.3 is 42.8 Å². The molecule has 1 rings (SSSR count). The maximum Gasteiger partial charge on any atom is 0.366 e. The van der Waals surface area contributed by atoms with Crippen molar-refractivity contribution in [3.8, 4) is 0 Å². The van der Waals surface area contributed by atoms with E-state index in [0.717, 1.165) is 21.3 Å². The molecular formula is C19H35NO10. The Labute approximate surface area is 198 Å². The summed E-state index contributed by atoms with van der Waals surface area (Å²) in [5, 5.41) is 0. The molecular weight excluding hydrogens is 402 g/mol. The van der Waals surface area contributed by atoms with Gasteiger partial charge in [-0.3, -0.25) is 4.79 Å². The summed E-state index contributed by atoms with van der Waals surface area (Å²) in [5.41, 5.74) is 0. The van der Waals surface area contributed by atoms with Gasteiger partial charge in [-0.1, -0.05) is 0 Å². The quantitative estimate of drug-likeness (QED) is 0.358. The van der Waals surface area contributed by atoms with Crippen molar-refractivity contribution in [1.82, 2.24) is 4.90 Å². The van der Waals surface area contributed by atoms with Crippen molar-refractivity contribution in [3.63, 3.8) is 0 Å². The van der Waals surface area contributed by atoms with Crippen LogP contribution >= 0.6 is 0 Å². The zero-order valence-electron chi connectivity index (χ0n) is 31.5. The fraction of sp³-hybridized carbons (Fsp3) is 0.895. The van der Waals surface area contributed by atoms with E-state index in [1.807, 2.05) is 0 Å². The number of amides is 1. The monoisotopic (exact) mass is 452 g/mol. The van der Waals surface area contributed by atoms with Gasteiger partial charge >= 0.3 is 5.97 Å². The van der Waals surface area contributed by atoms with Crippen molar-refractivity contribution in [2.45, 2.75) is 42.7 Å². The molecule has 1 heterocycles. The molecule has 0 aliphatic carbocycles. The first-order chi connectivity index (χ1) is 20.1. The number of methoxy groups -OCH3 is 7. The molecule has 11 heteroatoms. The first-order valence-corrected chi connectivity index (χ1v) is 8.39. The minimum atomic E-state index is -3.61. The maximum absolute atomic E-state index is 13.4. The first kappa shape index (κ1) is 11.5. The van der Waals surface area contributed by atoms with Crippen molar-refractivity contribution in [1.29, 1.82) is 0 Å².